The van der Waals surface area contributed by atoms with Crippen molar-refractivity contribution in [2.75, 3.05) is 7.05 Å². The summed E-state index contributed by atoms with van der Waals surface area (Å²) in [4.78, 5) is 0. The molecule has 0 aliphatic carbocycles. The molecule has 0 bridgehead atoms. The molecule has 0 spiro atoms. The number of halogens is 1. The highest BCUT2D eigenvalue weighted by Crippen LogP contribution is 2.19. The van der Waals surface area contributed by atoms with Gasteiger partial charge in [0.25, 0.3) is 0 Å². The van der Waals surface area contributed by atoms with E-state index in [1.54, 1.807) is 6.26 Å². The van der Waals surface area contributed by atoms with Gasteiger partial charge < -0.3 is 9.73 Å². The molecule has 0 saturated carbocycles. The lowest BCUT2D eigenvalue weighted by atomic mass is 10.1. The van der Waals surface area contributed by atoms with Crippen LogP contribution in [0.15, 0.2) is 21.2 Å². The topological polar surface area (TPSA) is 25.2 Å². The zero-order valence-electron chi connectivity index (χ0n) is 8.14. The lowest BCUT2D eigenvalue weighted by Crippen LogP contribution is -2.24. The Bertz CT molecular complexity index is 243. The van der Waals surface area contributed by atoms with Crippen LogP contribution in [0.4, 0.5) is 0 Å². The van der Waals surface area contributed by atoms with Crippen molar-refractivity contribution in [1.82, 2.24) is 5.32 Å². The molecular weight excluding hydrogens is 230 g/mol. The SMILES string of the molecule is CCC(CCc1occc1Br)NC. The van der Waals surface area contributed by atoms with Crippen molar-refractivity contribution < 1.29 is 4.42 Å². The highest BCUT2D eigenvalue weighted by Gasteiger charge is 2.07. The molecule has 1 aromatic rings. The van der Waals surface area contributed by atoms with Crippen molar-refractivity contribution >= 4 is 15.9 Å². The van der Waals surface area contributed by atoms with E-state index in [0.29, 0.717) is 6.04 Å². The predicted octanol–water partition coefficient (Wildman–Crippen LogP) is 2.97. The van der Waals surface area contributed by atoms with E-state index >= 15 is 0 Å². The van der Waals surface area contributed by atoms with E-state index in [-0.39, 0.29) is 0 Å². The van der Waals surface area contributed by atoms with Crippen molar-refractivity contribution in [3.63, 3.8) is 0 Å². The molecule has 1 atom stereocenters. The Labute approximate surface area is 87.8 Å². The summed E-state index contributed by atoms with van der Waals surface area (Å²) < 4.78 is 6.41. The monoisotopic (exact) mass is 245 g/mol. The highest BCUT2D eigenvalue weighted by molar-refractivity contribution is 9.10. The second-order valence-electron chi connectivity index (χ2n) is 3.12. The maximum atomic E-state index is 5.33. The molecule has 74 valence electrons. The maximum Gasteiger partial charge on any atom is 0.117 e. The van der Waals surface area contributed by atoms with Crippen molar-refractivity contribution in [2.45, 2.75) is 32.2 Å². The van der Waals surface area contributed by atoms with Crippen molar-refractivity contribution in [2.24, 2.45) is 0 Å². The zero-order chi connectivity index (χ0) is 9.68. The van der Waals surface area contributed by atoms with Crippen molar-refractivity contribution in [3.05, 3.63) is 22.6 Å². The Balaban J connectivity index is 2.38. The molecule has 2 nitrogen and oxygen atoms in total. The molecule has 1 N–H and O–H groups in total. The Morgan fingerprint density at radius 2 is 2.38 bits per heavy atom. The minimum Gasteiger partial charge on any atom is -0.468 e. The molecule has 3 heteroatoms. The summed E-state index contributed by atoms with van der Waals surface area (Å²) in [5.74, 6) is 1.05. The first kappa shape index (κ1) is 10.8. The third kappa shape index (κ3) is 3.16. The summed E-state index contributed by atoms with van der Waals surface area (Å²) in [6.45, 7) is 2.19. The second-order valence-corrected chi connectivity index (χ2v) is 3.98. The first-order valence-electron chi connectivity index (χ1n) is 4.67. The smallest absolute Gasteiger partial charge is 0.117 e. The molecule has 0 aromatic carbocycles. The normalized spacial score (nSPS) is 13.2. The van der Waals surface area contributed by atoms with Crippen molar-refractivity contribution in [3.8, 4) is 0 Å². The molecular formula is C10H16BrNO. The first-order valence-corrected chi connectivity index (χ1v) is 5.46. The second kappa shape index (κ2) is 5.45. The summed E-state index contributed by atoms with van der Waals surface area (Å²) in [5, 5.41) is 3.28. The van der Waals surface area contributed by atoms with Gasteiger partial charge in [-0.05, 0) is 41.9 Å². The first-order chi connectivity index (χ1) is 6.27. The molecule has 0 radical (unpaired) electrons. The molecule has 13 heavy (non-hydrogen) atoms. The van der Waals surface area contributed by atoms with Gasteiger partial charge >= 0.3 is 0 Å². The Hall–Kier alpha value is -0.280. The quantitative estimate of drug-likeness (QED) is 0.863. The number of furan rings is 1. The Morgan fingerprint density at radius 1 is 1.62 bits per heavy atom. The highest BCUT2D eigenvalue weighted by atomic mass is 79.9. The van der Waals surface area contributed by atoms with Gasteiger partial charge in [0.2, 0.25) is 0 Å². The van der Waals surface area contributed by atoms with Gasteiger partial charge in [-0.1, -0.05) is 6.92 Å². The van der Waals surface area contributed by atoms with Crippen LogP contribution >= 0.6 is 15.9 Å². The standard InChI is InChI=1S/C10H16BrNO/c1-3-8(12-2)4-5-10-9(11)6-7-13-10/h6-8,12H,3-5H2,1-2H3. The number of hydrogen-bond acceptors (Lipinski definition) is 2. The zero-order valence-corrected chi connectivity index (χ0v) is 9.73. The summed E-state index contributed by atoms with van der Waals surface area (Å²) in [6.07, 6.45) is 5.00. The summed E-state index contributed by atoms with van der Waals surface area (Å²) >= 11 is 3.45. The van der Waals surface area contributed by atoms with Gasteiger partial charge in [0.05, 0.1) is 10.7 Å². The van der Waals surface area contributed by atoms with Gasteiger partial charge in [0, 0.05) is 12.5 Å². The minimum atomic E-state index is 0.594. The summed E-state index contributed by atoms with van der Waals surface area (Å²) in [5.41, 5.74) is 0. The number of nitrogens with one attached hydrogen (secondary N) is 1. The lowest BCUT2D eigenvalue weighted by Gasteiger charge is -2.12. The van der Waals surface area contributed by atoms with Crippen LogP contribution in [0.25, 0.3) is 0 Å². The Morgan fingerprint density at radius 3 is 2.85 bits per heavy atom. The molecule has 0 saturated heterocycles. The van der Waals surface area contributed by atoms with Crippen LogP contribution < -0.4 is 5.32 Å². The predicted molar refractivity (Wildman–Crippen MR) is 57.9 cm³/mol. The fourth-order valence-corrected chi connectivity index (χ4v) is 1.76. The van der Waals surface area contributed by atoms with Crippen molar-refractivity contribution in [1.29, 1.82) is 0 Å². The van der Waals surface area contributed by atoms with Gasteiger partial charge in [0.1, 0.15) is 5.76 Å². The van der Waals surface area contributed by atoms with E-state index in [0.717, 1.165) is 29.5 Å². The number of rotatable bonds is 5. The number of aryl methyl sites for hydroxylation is 1. The van der Waals surface area contributed by atoms with E-state index in [4.69, 9.17) is 4.42 Å². The van der Waals surface area contributed by atoms with Gasteiger partial charge in [-0.15, -0.1) is 0 Å². The van der Waals surface area contributed by atoms with E-state index in [1.807, 2.05) is 13.1 Å². The third-order valence-electron chi connectivity index (χ3n) is 2.31. The molecule has 1 unspecified atom stereocenters. The number of hydrogen-bond donors (Lipinski definition) is 1. The van der Waals surface area contributed by atoms with E-state index in [9.17, 15) is 0 Å². The van der Waals surface area contributed by atoms with Gasteiger partial charge in [-0.2, -0.15) is 0 Å². The maximum absolute atomic E-state index is 5.33. The molecule has 1 rings (SSSR count). The van der Waals surface area contributed by atoms with E-state index in [2.05, 4.69) is 28.2 Å². The molecule has 0 aliphatic rings. The summed E-state index contributed by atoms with van der Waals surface area (Å²) in [6, 6.07) is 2.53. The molecule has 0 amide bonds. The Kier molecular flexibility index (Phi) is 4.53. The van der Waals surface area contributed by atoms with E-state index < -0.39 is 0 Å². The third-order valence-corrected chi connectivity index (χ3v) is 3.02. The van der Waals surface area contributed by atoms with Crippen LogP contribution in [0.2, 0.25) is 0 Å². The average molecular weight is 246 g/mol. The van der Waals surface area contributed by atoms with Crippen LogP contribution in [0.1, 0.15) is 25.5 Å². The fraction of sp³-hybridized carbons (Fsp3) is 0.600. The van der Waals surface area contributed by atoms with Crippen LogP contribution in [0.3, 0.4) is 0 Å². The van der Waals surface area contributed by atoms with Gasteiger partial charge in [0.15, 0.2) is 0 Å². The fourth-order valence-electron chi connectivity index (χ4n) is 1.36. The van der Waals surface area contributed by atoms with Crippen LogP contribution in [-0.4, -0.2) is 13.1 Å². The molecule has 0 fully saturated rings. The van der Waals surface area contributed by atoms with Crippen LogP contribution in [-0.2, 0) is 6.42 Å². The molecule has 0 aliphatic heterocycles. The summed E-state index contributed by atoms with van der Waals surface area (Å²) in [7, 11) is 2.01. The average Bonchev–Trinajstić information content (AvgIpc) is 2.54. The largest absolute Gasteiger partial charge is 0.468 e. The van der Waals surface area contributed by atoms with Crippen LogP contribution in [0, 0.1) is 0 Å². The van der Waals surface area contributed by atoms with Gasteiger partial charge in [-0.3, -0.25) is 0 Å². The lowest BCUT2D eigenvalue weighted by molar-refractivity contribution is 0.454. The molecule has 1 heterocycles. The van der Waals surface area contributed by atoms with Crippen LogP contribution in [0.5, 0.6) is 0 Å². The molecule has 1 aromatic heterocycles. The minimum absolute atomic E-state index is 0.594. The van der Waals surface area contributed by atoms with Gasteiger partial charge in [-0.25, -0.2) is 0 Å². The van der Waals surface area contributed by atoms with E-state index in [1.165, 1.54) is 0 Å².